The molecule has 2 aromatic rings. The second-order valence-electron chi connectivity index (χ2n) is 3.69. The number of ketones is 1. The van der Waals surface area contributed by atoms with Gasteiger partial charge in [-0.15, -0.1) is 11.3 Å². The summed E-state index contributed by atoms with van der Waals surface area (Å²) in [6.07, 6.45) is 0.343. The largest absolute Gasteiger partial charge is 0.496 e. The van der Waals surface area contributed by atoms with Gasteiger partial charge >= 0.3 is 0 Å². The highest BCUT2D eigenvalue weighted by Crippen LogP contribution is 2.26. The summed E-state index contributed by atoms with van der Waals surface area (Å²) >= 11 is 8.20. The lowest BCUT2D eigenvalue weighted by Crippen LogP contribution is -2.03. The number of carbonyl (C=O) groups excluding carboxylic acids is 1. The molecule has 0 aliphatic heterocycles. The molecule has 0 N–H and O–H groups in total. The van der Waals surface area contributed by atoms with Crippen LogP contribution in [0.5, 0.6) is 5.75 Å². The van der Waals surface area contributed by atoms with Gasteiger partial charge in [-0.3, -0.25) is 4.79 Å². The number of rotatable bonds is 4. The first-order chi connectivity index (χ1) is 8.60. The number of halogens is 2. The van der Waals surface area contributed by atoms with E-state index in [4.69, 9.17) is 4.74 Å². The molecule has 0 saturated carbocycles. The third kappa shape index (κ3) is 3.22. The van der Waals surface area contributed by atoms with Crippen LogP contribution in [0.15, 0.2) is 38.6 Å². The zero-order chi connectivity index (χ0) is 13.1. The van der Waals surface area contributed by atoms with E-state index in [1.54, 1.807) is 7.11 Å². The van der Waals surface area contributed by atoms with Crippen molar-refractivity contribution in [1.29, 1.82) is 0 Å². The fraction of sp³-hybridized carbons (Fsp3) is 0.154. The van der Waals surface area contributed by atoms with Gasteiger partial charge in [0.05, 0.1) is 12.0 Å². The van der Waals surface area contributed by atoms with E-state index in [0.717, 1.165) is 25.1 Å². The van der Waals surface area contributed by atoms with Crippen LogP contribution in [0.25, 0.3) is 0 Å². The van der Waals surface area contributed by atoms with Crippen molar-refractivity contribution in [1.82, 2.24) is 0 Å². The summed E-state index contributed by atoms with van der Waals surface area (Å²) in [5.74, 6) is 0.837. The molecule has 1 heterocycles. The number of hydrogen-bond acceptors (Lipinski definition) is 3. The summed E-state index contributed by atoms with van der Waals surface area (Å²) < 4.78 is 7.15. The Kier molecular flexibility index (Phi) is 4.59. The predicted molar refractivity (Wildman–Crippen MR) is 80.7 cm³/mol. The molecule has 1 aromatic heterocycles. The average Bonchev–Trinajstić information content (AvgIpc) is 2.76. The average molecular weight is 390 g/mol. The van der Waals surface area contributed by atoms with Crippen LogP contribution in [0.4, 0.5) is 0 Å². The number of hydrogen-bond donors (Lipinski definition) is 0. The molecular weight excluding hydrogens is 380 g/mol. The smallest absolute Gasteiger partial charge is 0.177 e. The van der Waals surface area contributed by atoms with E-state index in [1.807, 2.05) is 29.6 Å². The Morgan fingerprint density at radius 1 is 1.28 bits per heavy atom. The SMILES string of the molecule is COc1ccc(Br)cc1CC(=O)c1cc(Br)cs1. The Bertz CT molecular complexity index is 578. The lowest BCUT2D eigenvalue weighted by molar-refractivity contribution is 0.0996. The standard InChI is InChI=1S/C13H10Br2O2S/c1-17-12-3-2-9(14)4-8(12)5-11(16)13-6-10(15)7-18-13/h2-4,6-7H,5H2,1H3. The van der Waals surface area contributed by atoms with E-state index >= 15 is 0 Å². The molecule has 0 aliphatic carbocycles. The molecule has 0 fully saturated rings. The van der Waals surface area contributed by atoms with Gasteiger partial charge in [0, 0.05) is 26.3 Å². The van der Waals surface area contributed by atoms with E-state index in [9.17, 15) is 4.79 Å². The minimum Gasteiger partial charge on any atom is -0.496 e. The maximum absolute atomic E-state index is 12.1. The number of ether oxygens (including phenoxy) is 1. The fourth-order valence-electron chi connectivity index (χ4n) is 1.60. The molecule has 0 unspecified atom stereocenters. The van der Waals surface area contributed by atoms with Gasteiger partial charge in [0.15, 0.2) is 5.78 Å². The van der Waals surface area contributed by atoms with Crippen LogP contribution < -0.4 is 4.74 Å². The Labute approximate surface area is 126 Å². The monoisotopic (exact) mass is 388 g/mol. The molecule has 1 aromatic carbocycles. The zero-order valence-corrected chi connectivity index (χ0v) is 13.6. The molecule has 0 amide bonds. The van der Waals surface area contributed by atoms with Crippen molar-refractivity contribution in [3.8, 4) is 5.75 Å². The lowest BCUT2D eigenvalue weighted by atomic mass is 10.1. The molecule has 0 bridgehead atoms. The first-order valence-electron chi connectivity index (χ1n) is 5.20. The summed E-state index contributed by atoms with van der Waals surface area (Å²) in [5.41, 5.74) is 0.890. The third-order valence-electron chi connectivity index (χ3n) is 2.44. The van der Waals surface area contributed by atoms with Gasteiger partial charge in [0.2, 0.25) is 0 Å². The van der Waals surface area contributed by atoms with Crippen molar-refractivity contribution in [2.45, 2.75) is 6.42 Å². The molecular formula is C13H10Br2O2S. The van der Waals surface area contributed by atoms with Gasteiger partial charge in [-0.25, -0.2) is 0 Å². The number of carbonyl (C=O) groups is 1. The quantitative estimate of drug-likeness (QED) is 0.708. The normalized spacial score (nSPS) is 10.4. The molecule has 0 spiro atoms. The van der Waals surface area contributed by atoms with Crippen LogP contribution >= 0.6 is 43.2 Å². The number of benzene rings is 1. The van der Waals surface area contributed by atoms with Crippen molar-refractivity contribution < 1.29 is 9.53 Å². The number of thiophene rings is 1. The highest BCUT2D eigenvalue weighted by molar-refractivity contribution is 9.10. The Balaban J connectivity index is 2.23. The highest BCUT2D eigenvalue weighted by Gasteiger charge is 2.13. The molecule has 0 aliphatic rings. The highest BCUT2D eigenvalue weighted by atomic mass is 79.9. The van der Waals surface area contributed by atoms with E-state index in [2.05, 4.69) is 31.9 Å². The molecule has 2 nitrogen and oxygen atoms in total. The Morgan fingerprint density at radius 2 is 2.06 bits per heavy atom. The second-order valence-corrected chi connectivity index (χ2v) is 6.43. The topological polar surface area (TPSA) is 26.3 Å². The van der Waals surface area contributed by atoms with E-state index in [-0.39, 0.29) is 5.78 Å². The molecule has 18 heavy (non-hydrogen) atoms. The van der Waals surface area contributed by atoms with E-state index in [0.29, 0.717) is 6.42 Å². The van der Waals surface area contributed by atoms with Crippen LogP contribution in [-0.4, -0.2) is 12.9 Å². The van der Waals surface area contributed by atoms with Gasteiger partial charge in [-0.05, 0) is 40.2 Å². The minimum absolute atomic E-state index is 0.0992. The van der Waals surface area contributed by atoms with Crippen molar-refractivity contribution in [2.24, 2.45) is 0 Å². The molecule has 0 radical (unpaired) electrons. The van der Waals surface area contributed by atoms with Gasteiger partial charge in [0.25, 0.3) is 0 Å². The van der Waals surface area contributed by atoms with Crippen LogP contribution in [0.3, 0.4) is 0 Å². The van der Waals surface area contributed by atoms with Gasteiger partial charge < -0.3 is 4.74 Å². The predicted octanol–water partition coefficient (Wildman–Crippen LogP) is 4.71. The van der Waals surface area contributed by atoms with Crippen LogP contribution in [0.2, 0.25) is 0 Å². The number of methoxy groups -OCH3 is 1. The van der Waals surface area contributed by atoms with Crippen molar-refractivity contribution in [2.75, 3.05) is 7.11 Å². The second kappa shape index (κ2) is 5.99. The van der Waals surface area contributed by atoms with Gasteiger partial charge in [-0.2, -0.15) is 0 Å². The molecule has 0 saturated heterocycles. The lowest BCUT2D eigenvalue weighted by Gasteiger charge is -2.07. The van der Waals surface area contributed by atoms with E-state index < -0.39 is 0 Å². The summed E-state index contributed by atoms with van der Waals surface area (Å²) in [4.78, 5) is 12.9. The maximum Gasteiger partial charge on any atom is 0.177 e. The molecule has 2 rings (SSSR count). The molecule has 94 valence electrons. The summed E-state index contributed by atoms with van der Waals surface area (Å²) in [7, 11) is 1.61. The summed E-state index contributed by atoms with van der Waals surface area (Å²) in [6, 6.07) is 7.52. The third-order valence-corrected chi connectivity index (χ3v) is 4.66. The zero-order valence-electron chi connectivity index (χ0n) is 9.57. The van der Waals surface area contributed by atoms with Crippen molar-refractivity contribution in [3.05, 3.63) is 49.0 Å². The van der Waals surface area contributed by atoms with Crippen LogP contribution in [0, 0.1) is 0 Å². The minimum atomic E-state index is 0.0992. The first kappa shape index (κ1) is 13.8. The Hall–Kier alpha value is -0.650. The molecule has 5 heteroatoms. The van der Waals surface area contributed by atoms with Gasteiger partial charge in [-0.1, -0.05) is 15.9 Å². The van der Waals surface area contributed by atoms with Crippen molar-refractivity contribution in [3.63, 3.8) is 0 Å². The van der Waals surface area contributed by atoms with Crippen LogP contribution in [0.1, 0.15) is 15.2 Å². The molecule has 0 atom stereocenters. The summed E-state index contributed by atoms with van der Waals surface area (Å²) in [6.45, 7) is 0. The first-order valence-corrected chi connectivity index (χ1v) is 7.66. The van der Waals surface area contributed by atoms with Crippen LogP contribution in [-0.2, 0) is 6.42 Å². The number of Topliss-reactive ketones (excluding diaryl/α,β-unsaturated/α-hetero) is 1. The Morgan fingerprint density at radius 3 is 2.67 bits per heavy atom. The maximum atomic E-state index is 12.1. The van der Waals surface area contributed by atoms with E-state index in [1.165, 1.54) is 11.3 Å². The van der Waals surface area contributed by atoms with Gasteiger partial charge in [0.1, 0.15) is 5.75 Å². The fourth-order valence-corrected chi connectivity index (χ4v) is 3.38. The van der Waals surface area contributed by atoms with Crippen molar-refractivity contribution >= 4 is 49.0 Å². The summed E-state index contributed by atoms with van der Waals surface area (Å²) in [5, 5.41) is 1.91.